The highest BCUT2D eigenvalue weighted by atomic mass is 16.3. The number of hydrogen-bond donors (Lipinski definition) is 3. The number of aliphatic hydroxyl groups is 1. The van der Waals surface area contributed by atoms with E-state index >= 15 is 0 Å². The Kier molecular flexibility index (Phi) is 7.00. The number of hydrogen-bond acceptors (Lipinski definition) is 4. The number of phenols is 1. The second kappa shape index (κ2) is 9.27. The number of aliphatic hydroxyl groups excluding tert-OH is 1. The zero-order valence-electron chi connectivity index (χ0n) is 17.5. The summed E-state index contributed by atoms with van der Waals surface area (Å²) in [5, 5.41) is 23.0. The highest BCUT2D eigenvalue weighted by Gasteiger charge is 2.33. The molecule has 0 saturated heterocycles. The summed E-state index contributed by atoms with van der Waals surface area (Å²) in [5.41, 5.74) is 1.68. The Bertz CT molecular complexity index is 668. The number of nitrogens with one attached hydrogen (secondary N) is 1. The number of aromatic hydroxyl groups is 1. The van der Waals surface area contributed by atoms with Gasteiger partial charge in [0.2, 0.25) is 0 Å². The predicted octanol–water partition coefficient (Wildman–Crippen LogP) is 3.54. The van der Waals surface area contributed by atoms with Crippen LogP contribution < -0.4 is 5.32 Å². The topological polar surface area (TPSA) is 72.8 Å². The molecule has 0 bridgehead atoms. The summed E-state index contributed by atoms with van der Waals surface area (Å²) in [6.45, 7) is 8.21. The molecule has 1 aromatic rings. The minimum absolute atomic E-state index is 0.0591. The second-order valence-corrected chi connectivity index (χ2v) is 9.02. The molecule has 0 spiro atoms. The highest BCUT2D eigenvalue weighted by Crippen LogP contribution is 2.34. The summed E-state index contributed by atoms with van der Waals surface area (Å²) in [6.07, 6.45) is 5.76. The van der Waals surface area contributed by atoms with E-state index in [2.05, 4.69) is 26.1 Å². The van der Waals surface area contributed by atoms with Crippen LogP contribution >= 0.6 is 0 Å². The van der Waals surface area contributed by atoms with E-state index in [-0.39, 0.29) is 24.3 Å². The van der Waals surface area contributed by atoms with Crippen LogP contribution in [0.15, 0.2) is 18.2 Å². The predicted molar refractivity (Wildman–Crippen MR) is 111 cm³/mol. The van der Waals surface area contributed by atoms with Crippen LogP contribution in [0.4, 0.5) is 0 Å². The van der Waals surface area contributed by atoms with Crippen molar-refractivity contribution in [3.63, 3.8) is 0 Å². The van der Waals surface area contributed by atoms with E-state index in [1.54, 1.807) is 12.1 Å². The van der Waals surface area contributed by atoms with E-state index in [0.717, 1.165) is 31.4 Å². The Labute approximate surface area is 169 Å². The standard InChI is InChI=1S/C23H36N2O3/c1-4-21(24-22(14-26)15(2)3)17-7-5-16(6-8-17)12-25-13-18-9-10-19(27)11-20(18)23(25)28/h9-11,15-17,21-22,24,26-27H,4-8,12-14H2,1-3H3/t16-,17-,21?,22-/m1/s1. The van der Waals surface area contributed by atoms with Gasteiger partial charge in [-0.25, -0.2) is 0 Å². The van der Waals surface area contributed by atoms with Crippen LogP contribution in [0.3, 0.4) is 0 Å². The van der Waals surface area contributed by atoms with Gasteiger partial charge in [-0.3, -0.25) is 4.79 Å². The van der Waals surface area contributed by atoms with E-state index in [0.29, 0.717) is 35.9 Å². The molecular weight excluding hydrogens is 352 g/mol. The third kappa shape index (κ3) is 4.69. The van der Waals surface area contributed by atoms with Crippen LogP contribution in [0, 0.1) is 17.8 Å². The number of amides is 1. The molecule has 156 valence electrons. The Hall–Kier alpha value is -1.59. The maximum Gasteiger partial charge on any atom is 0.254 e. The monoisotopic (exact) mass is 388 g/mol. The van der Waals surface area contributed by atoms with Gasteiger partial charge in [-0.1, -0.05) is 26.8 Å². The molecule has 1 amide bonds. The van der Waals surface area contributed by atoms with Gasteiger partial charge in [-0.15, -0.1) is 0 Å². The molecule has 2 atom stereocenters. The molecule has 1 heterocycles. The lowest BCUT2D eigenvalue weighted by molar-refractivity contribution is 0.0720. The fraction of sp³-hybridized carbons (Fsp3) is 0.696. The van der Waals surface area contributed by atoms with Crippen LogP contribution in [-0.2, 0) is 6.54 Å². The van der Waals surface area contributed by atoms with E-state index in [1.165, 1.54) is 12.8 Å². The molecule has 0 radical (unpaired) electrons. The summed E-state index contributed by atoms with van der Waals surface area (Å²) < 4.78 is 0. The number of phenolic OH excluding ortho intramolecular Hbond substituents is 1. The SMILES string of the molecule is CCC(N[C@H](CO)C(C)C)[C@H]1CC[C@H](CN2Cc3ccc(O)cc3C2=O)CC1. The molecule has 1 fully saturated rings. The van der Waals surface area contributed by atoms with Gasteiger partial charge in [-0.05, 0) is 67.6 Å². The van der Waals surface area contributed by atoms with Gasteiger partial charge in [0.25, 0.3) is 5.91 Å². The van der Waals surface area contributed by atoms with Crippen molar-refractivity contribution in [3.05, 3.63) is 29.3 Å². The molecule has 5 nitrogen and oxygen atoms in total. The Balaban J connectivity index is 1.51. The smallest absolute Gasteiger partial charge is 0.254 e. The van der Waals surface area contributed by atoms with Crippen molar-refractivity contribution in [1.82, 2.24) is 10.2 Å². The lowest BCUT2D eigenvalue weighted by atomic mass is 9.77. The van der Waals surface area contributed by atoms with Crippen molar-refractivity contribution < 1.29 is 15.0 Å². The van der Waals surface area contributed by atoms with Crippen molar-refractivity contribution in [2.45, 2.75) is 71.5 Å². The lowest BCUT2D eigenvalue weighted by Crippen LogP contribution is -2.47. The van der Waals surface area contributed by atoms with Crippen LogP contribution in [0.2, 0.25) is 0 Å². The number of nitrogens with zero attached hydrogens (tertiary/aromatic N) is 1. The molecule has 0 aromatic heterocycles. The van der Waals surface area contributed by atoms with Gasteiger partial charge in [0.1, 0.15) is 5.75 Å². The van der Waals surface area contributed by atoms with E-state index in [4.69, 9.17) is 0 Å². The molecule has 3 N–H and O–H groups in total. The number of fused-ring (bicyclic) bond motifs is 1. The summed E-state index contributed by atoms with van der Waals surface area (Å²) in [5.74, 6) is 1.86. The Morgan fingerprint density at radius 2 is 1.93 bits per heavy atom. The molecule has 1 saturated carbocycles. The van der Waals surface area contributed by atoms with Gasteiger partial charge >= 0.3 is 0 Å². The summed E-state index contributed by atoms with van der Waals surface area (Å²) in [7, 11) is 0. The van der Waals surface area contributed by atoms with Gasteiger partial charge in [0.15, 0.2) is 0 Å². The zero-order chi connectivity index (χ0) is 20.3. The average Bonchev–Trinajstić information content (AvgIpc) is 2.98. The molecule has 2 aliphatic rings. The van der Waals surface area contributed by atoms with Crippen molar-refractivity contribution >= 4 is 5.91 Å². The number of carbonyl (C=O) groups is 1. The summed E-state index contributed by atoms with van der Waals surface area (Å²) >= 11 is 0. The maximum atomic E-state index is 12.6. The van der Waals surface area contributed by atoms with E-state index < -0.39 is 0 Å². The zero-order valence-corrected chi connectivity index (χ0v) is 17.5. The number of benzene rings is 1. The first kappa shape index (κ1) is 21.1. The average molecular weight is 389 g/mol. The fourth-order valence-corrected chi connectivity index (χ4v) is 4.90. The third-order valence-corrected chi connectivity index (χ3v) is 6.78. The van der Waals surface area contributed by atoms with Gasteiger partial charge < -0.3 is 20.4 Å². The molecule has 1 aromatic carbocycles. The molecule has 5 heteroatoms. The molecule has 1 unspecified atom stereocenters. The second-order valence-electron chi connectivity index (χ2n) is 9.02. The van der Waals surface area contributed by atoms with Crippen LogP contribution in [0.5, 0.6) is 5.75 Å². The van der Waals surface area contributed by atoms with Crippen molar-refractivity contribution in [1.29, 1.82) is 0 Å². The van der Waals surface area contributed by atoms with Gasteiger partial charge in [0, 0.05) is 30.7 Å². The number of rotatable bonds is 8. The van der Waals surface area contributed by atoms with Crippen LogP contribution in [0.1, 0.15) is 68.8 Å². The lowest BCUT2D eigenvalue weighted by Gasteiger charge is -2.37. The molecule has 1 aliphatic carbocycles. The maximum absolute atomic E-state index is 12.6. The van der Waals surface area contributed by atoms with Crippen molar-refractivity contribution in [2.24, 2.45) is 17.8 Å². The largest absolute Gasteiger partial charge is 0.508 e. The molecule has 28 heavy (non-hydrogen) atoms. The van der Waals surface area contributed by atoms with Crippen molar-refractivity contribution in [2.75, 3.05) is 13.2 Å². The summed E-state index contributed by atoms with van der Waals surface area (Å²) in [6, 6.07) is 5.75. The normalized spacial score (nSPS) is 24.5. The van der Waals surface area contributed by atoms with Crippen LogP contribution in [0.25, 0.3) is 0 Å². The highest BCUT2D eigenvalue weighted by molar-refractivity contribution is 5.98. The Morgan fingerprint density at radius 3 is 2.54 bits per heavy atom. The van der Waals surface area contributed by atoms with E-state index in [1.807, 2.05) is 11.0 Å². The quantitative estimate of drug-likeness (QED) is 0.637. The minimum atomic E-state index is 0.0591. The first-order valence-corrected chi connectivity index (χ1v) is 10.9. The van der Waals surface area contributed by atoms with Gasteiger partial charge in [0.05, 0.1) is 6.61 Å². The summed E-state index contributed by atoms with van der Waals surface area (Å²) in [4.78, 5) is 14.6. The third-order valence-electron chi connectivity index (χ3n) is 6.78. The minimum Gasteiger partial charge on any atom is -0.508 e. The van der Waals surface area contributed by atoms with Crippen molar-refractivity contribution in [3.8, 4) is 5.75 Å². The van der Waals surface area contributed by atoms with Gasteiger partial charge in [-0.2, -0.15) is 0 Å². The van der Waals surface area contributed by atoms with E-state index in [9.17, 15) is 15.0 Å². The molecular formula is C23H36N2O3. The number of carbonyl (C=O) groups excluding carboxylic acids is 1. The fourth-order valence-electron chi connectivity index (χ4n) is 4.90. The first-order valence-electron chi connectivity index (χ1n) is 10.9. The first-order chi connectivity index (χ1) is 13.4. The van der Waals surface area contributed by atoms with Crippen LogP contribution in [-0.4, -0.2) is 46.3 Å². The molecule has 1 aliphatic heterocycles. The Morgan fingerprint density at radius 1 is 1.21 bits per heavy atom. The molecule has 3 rings (SSSR count).